The van der Waals surface area contributed by atoms with Crippen LogP contribution in [0.1, 0.15) is 29.0 Å². The van der Waals surface area contributed by atoms with Gasteiger partial charge in [0, 0.05) is 29.4 Å². The minimum absolute atomic E-state index is 0.0229. The van der Waals surface area contributed by atoms with Gasteiger partial charge in [0.2, 0.25) is 17.8 Å². The third kappa shape index (κ3) is 5.01. The van der Waals surface area contributed by atoms with Gasteiger partial charge in [-0.15, -0.1) is 0 Å². The average molecular weight is 502 g/mol. The fraction of sp³-hybridized carbons (Fsp3) is 0.182. The number of nitrogens with zero attached hydrogens (tertiary/aromatic N) is 2. The number of hydrogen-bond donors (Lipinski definition) is 4. The fourth-order valence-corrected chi connectivity index (χ4v) is 3.68. The van der Waals surface area contributed by atoms with E-state index in [2.05, 4.69) is 25.9 Å². The van der Waals surface area contributed by atoms with Gasteiger partial charge in [-0.1, -0.05) is 12.1 Å². The van der Waals surface area contributed by atoms with Crippen LogP contribution in [-0.4, -0.2) is 26.7 Å². The van der Waals surface area contributed by atoms with Crippen LogP contribution in [0.15, 0.2) is 47.3 Å². The van der Waals surface area contributed by atoms with Gasteiger partial charge in [0.05, 0.1) is 22.0 Å². The van der Waals surface area contributed by atoms with Crippen molar-refractivity contribution < 1.29 is 27.7 Å². The SMILES string of the molecule is Cc1ccc(NC(=O)[C@@H]2CC(=O)Nc3nc(Nc4cccc(C(F)(F)F)c4)[nH]c(=O)c32)cc1[N+](=O)[O-]. The molecule has 186 valence electrons. The number of anilines is 4. The van der Waals surface area contributed by atoms with Crippen LogP contribution in [0.5, 0.6) is 0 Å². The molecule has 1 aromatic heterocycles. The van der Waals surface area contributed by atoms with E-state index in [9.17, 15) is 37.7 Å². The number of aromatic nitrogens is 2. The van der Waals surface area contributed by atoms with Crippen LogP contribution in [0.25, 0.3) is 0 Å². The van der Waals surface area contributed by atoms with E-state index in [0.29, 0.717) is 5.56 Å². The number of rotatable bonds is 5. The largest absolute Gasteiger partial charge is 0.416 e. The molecule has 4 rings (SSSR count). The normalized spacial score (nSPS) is 15.0. The van der Waals surface area contributed by atoms with Gasteiger partial charge in [-0.05, 0) is 31.2 Å². The topological polar surface area (TPSA) is 159 Å². The standard InChI is InChI=1S/C22H17F3N6O5/c1-10-5-6-13(8-15(10)31(35)36)26-19(33)14-9-16(32)28-18-17(14)20(34)30-21(29-18)27-12-4-2-3-11(7-12)22(23,24)25/h2-8,14H,9H2,1H3,(H,26,33)(H3,27,28,29,30,32,34)/t14-/m1/s1. The van der Waals surface area contributed by atoms with E-state index in [0.717, 1.165) is 18.2 Å². The minimum Gasteiger partial charge on any atom is -0.326 e. The molecular weight excluding hydrogens is 485 g/mol. The van der Waals surface area contributed by atoms with Crippen molar-refractivity contribution in [3.8, 4) is 0 Å². The number of aromatic amines is 1. The van der Waals surface area contributed by atoms with E-state index in [1.807, 2.05) is 0 Å². The summed E-state index contributed by atoms with van der Waals surface area (Å²) in [4.78, 5) is 55.0. The Morgan fingerprint density at radius 2 is 1.92 bits per heavy atom. The molecule has 0 radical (unpaired) electrons. The highest BCUT2D eigenvalue weighted by Crippen LogP contribution is 2.33. The molecule has 0 saturated carbocycles. The molecule has 2 amide bonds. The lowest BCUT2D eigenvalue weighted by molar-refractivity contribution is -0.385. The second-order valence-electron chi connectivity index (χ2n) is 7.93. The number of halogens is 3. The van der Waals surface area contributed by atoms with Gasteiger partial charge in [0.1, 0.15) is 5.82 Å². The number of nitro groups is 1. The quantitative estimate of drug-likeness (QED) is 0.305. The van der Waals surface area contributed by atoms with Crippen molar-refractivity contribution in [3.05, 3.63) is 79.6 Å². The van der Waals surface area contributed by atoms with Crippen molar-refractivity contribution in [3.63, 3.8) is 0 Å². The van der Waals surface area contributed by atoms with Gasteiger partial charge in [0.25, 0.3) is 11.2 Å². The Morgan fingerprint density at radius 1 is 1.17 bits per heavy atom. The van der Waals surface area contributed by atoms with Crippen molar-refractivity contribution in [2.24, 2.45) is 0 Å². The van der Waals surface area contributed by atoms with Crippen LogP contribution < -0.4 is 21.5 Å². The maximum Gasteiger partial charge on any atom is 0.416 e. The molecule has 0 aliphatic carbocycles. The molecule has 1 aliphatic heterocycles. The maximum atomic E-state index is 13.0. The first-order valence-corrected chi connectivity index (χ1v) is 10.4. The van der Waals surface area contributed by atoms with E-state index in [4.69, 9.17) is 0 Å². The molecule has 0 fully saturated rings. The summed E-state index contributed by atoms with van der Waals surface area (Å²) in [6.45, 7) is 1.53. The van der Waals surface area contributed by atoms with E-state index >= 15 is 0 Å². The third-order valence-electron chi connectivity index (χ3n) is 5.39. The highest BCUT2D eigenvalue weighted by molar-refractivity contribution is 6.04. The molecule has 36 heavy (non-hydrogen) atoms. The zero-order chi connectivity index (χ0) is 26.2. The summed E-state index contributed by atoms with van der Waals surface area (Å²) in [6.07, 6.45) is -4.97. The Kier molecular flexibility index (Phi) is 6.18. The number of H-pyrrole nitrogens is 1. The smallest absolute Gasteiger partial charge is 0.326 e. The monoisotopic (exact) mass is 502 g/mol. The fourth-order valence-electron chi connectivity index (χ4n) is 3.68. The first-order chi connectivity index (χ1) is 16.9. The Labute approximate surface area is 199 Å². The first-order valence-electron chi connectivity index (χ1n) is 10.4. The lowest BCUT2D eigenvalue weighted by atomic mass is 9.92. The van der Waals surface area contributed by atoms with Crippen LogP contribution >= 0.6 is 0 Å². The second-order valence-corrected chi connectivity index (χ2v) is 7.93. The van der Waals surface area contributed by atoms with Crippen molar-refractivity contribution in [1.82, 2.24) is 9.97 Å². The van der Waals surface area contributed by atoms with Crippen molar-refractivity contribution >= 4 is 40.6 Å². The van der Waals surface area contributed by atoms with Crippen LogP contribution in [0.4, 0.5) is 42.0 Å². The molecule has 14 heteroatoms. The Hall–Kier alpha value is -4.75. The van der Waals surface area contributed by atoms with Crippen molar-refractivity contribution in [2.75, 3.05) is 16.0 Å². The van der Waals surface area contributed by atoms with Gasteiger partial charge in [0.15, 0.2) is 0 Å². The van der Waals surface area contributed by atoms with Gasteiger partial charge >= 0.3 is 6.18 Å². The molecule has 1 atom stereocenters. The van der Waals surface area contributed by atoms with Crippen LogP contribution in [-0.2, 0) is 15.8 Å². The number of amides is 2. The van der Waals surface area contributed by atoms with Gasteiger partial charge in [-0.25, -0.2) is 0 Å². The summed E-state index contributed by atoms with van der Waals surface area (Å²) in [5.41, 5.74) is -1.66. The lowest BCUT2D eigenvalue weighted by Crippen LogP contribution is -2.36. The Balaban J connectivity index is 1.62. The molecule has 0 saturated heterocycles. The lowest BCUT2D eigenvalue weighted by Gasteiger charge is -2.23. The molecule has 3 aromatic rings. The number of fused-ring (bicyclic) bond motifs is 1. The number of benzene rings is 2. The number of nitrogens with one attached hydrogen (secondary N) is 4. The summed E-state index contributed by atoms with van der Waals surface area (Å²) in [5.74, 6) is -3.16. The average Bonchev–Trinajstić information content (AvgIpc) is 2.79. The summed E-state index contributed by atoms with van der Waals surface area (Å²) < 4.78 is 38.9. The first kappa shape index (κ1) is 24.4. The molecule has 2 aromatic carbocycles. The predicted molar refractivity (Wildman–Crippen MR) is 122 cm³/mol. The van der Waals surface area contributed by atoms with Gasteiger partial charge in [-0.2, -0.15) is 18.2 Å². The van der Waals surface area contributed by atoms with Crippen LogP contribution in [0.2, 0.25) is 0 Å². The van der Waals surface area contributed by atoms with Gasteiger partial charge < -0.3 is 16.0 Å². The van der Waals surface area contributed by atoms with E-state index in [1.165, 1.54) is 31.2 Å². The van der Waals surface area contributed by atoms with E-state index in [1.54, 1.807) is 0 Å². The van der Waals surface area contributed by atoms with Crippen LogP contribution in [0, 0.1) is 17.0 Å². The summed E-state index contributed by atoms with van der Waals surface area (Å²) >= 11 is 0. The molecule has 11 nitrogen and oxygen atoms in total. The number of carbonyl (C=O) groups is 2. The van der Waals surface area contributed by atoms with E-state index in [-0.39, 0.29) is 34.4 Å². The number of nitro benzene ring substituents is 1. The van der Waals surface area contributed by atoms with E-state index < -0.39 is 46.4 Å². The zero-order valence-corrected chi connectivity index (χ0v) is 18.4. The number of alkyl halides is 3. The Bertz CT molecular complexity index is 1450. The predicted octanol–water partition coefficient (Wildman–Crippen LogP) is 3.81. The number of hydrogen-bond acceptors (Lipinski definition) is 7. The minimum atomic E-state index is -4.58. The zero-order valence-electron chi connectivity index (χ0n) is 18.4. The summed E-state index contributed by atoms with van der Waals surface area (Å²) in [7, 11) is 0. The number of aryl methyl sites for hydroxylation is 1. The molecule has 0 spiro atoms. The second kappa shape index (κ2) is 9.13. The van der Waals surface area contributed by atoms with Gasteiger partial charge in [-0.3, -0.25) is 29.5 Å². The van der Waals surface area contributed by atoms with Crippen molar-refractivity contribution in [1.29, 1.82) is 0 Å². The molecule has 1 aliphatic rings. The molecule has 4 N–H and O–H groups in total. The number of carbonyl (C=O) groups excluding carboxylic acids is 2. The van der Waals surface area contributed by atoms with Crippen LogP contribution in [0.3, 0.4) is 0 Å². The molecule has 0 bridgehead atoms. The molecular formula is C22H17F3N6O5. The highest BCUT2D eigenvalue weighted by atomic mass is 19.4. The summed E-state index contributed by atoms with van der Waals surface area (Å²) in [5, 5.41) is 18.6. The highest BCUT2D eigenvalue weighted by Gasteiger charge is 2.35. The molecule has 2 heterocycles. The third-order valence-corrected chi connectivity index (χ3v) is 5.39. The Morgan fingerprint density at radius 3 is 2.61 bits per heavy atom. The maximum absolute atomic E-state index is 13.0. The molecule has 0 unspecified atom stereocenters. The summed E-state index contributed by atoms with van der Waals surface area (Å²) in [6, 6.07) is 8.21. The van der Waals surface area contributed by atoms with Crippen molar-refractivity contribution in [2.45, 2.75) is 25.4 Å².